The Morgan fingerprint density at radius 3 is 1.90 bits per heavy atom. The molecule has 0 aliphatic carbocycles. The molecule has 0 heterocycles. The van der Waals surface area contributed by atoms with Gasteiger partial charge in [-0.15, -0.1) is 0 Å². The predicted octanol–water partition coefficient (Wildman–Crippen LogP) is 1.26. The average Bonchev–Trinajstić information content (AvgIpc) is 2.29. The number of nitrogens with zero attached hydrogens (tertiary/aromatic N) is 2. The topological polar surface area (TPSA) is 78.7 Å². The highest BCUT2D eigenvalue weighted by molar-refractivity contribution is 5.81. The molecule has 3 amide bonds. The largest absolute Gasteiger partial charge is 0.352 e. The lowest BCUT2D eigenvalue weighted by molar-refractivity contribution is -0.139. The maximum atomic E-state index is 12.5. The van der Waals surface area contributed by atoms with Crippen molar-refractivity contribution in [3.05, 3.63) is 0 Å². The van der Waals surface area contributed by atoms with Crippen LogP contribution in [0.2, 0.25) is 0 Å². The van der Waals surface area contributed by atoms with Gasteiger partial charge in [-0.3, -0.25) is 9.69 Å². The second-order valence-electron chi connectivity index (χ2n) is 7.43. The first-order valence-corrected chi connectivity index (χ1v) is 7.39. The third kappa shape index (κ3) is 7.90. The minimum Gasteiger partial charge on any atom is -0.352 e. The first kappa shape index (κ1) is 19.7. The van der Waals surface area contributed by atoms with Crippen LogP contribution in [-0.4, -0.2) is 60.5 Å². The minimum absolute atomic E-state index is 0.0575. The van der Waals surface area contributed by atoms with E-state index in [0.717, 1.165) is 6.54 Å². The van der Waals surface area contributed by atoms with E-state index in [2.05, 4.69) is 31.0 Å². The minimum atomic E-state index is -0.565. The summed E-state index contributed by atoms with van der Waals surface area (Å²) in [5.41, 5.74) is 4.68. The van der Waals surface area contributed by atoms with Crippen LogP contribution in [0.15, 0.2) is 0 Å². The Hall–Kier alpha value is -1.30. The molecule has 6 nitrogen and oxygen atoms in total. The molecule has 0 rings (SSSR count). The van der Waals surface area contributed by atoms with Gasteiger partial charge in [0.25, 0.3) is 0 Å². The molecule has 0 fully saturated rings. The van der Waals surface area contributed by atoms with Gasteiger partial charge in [0.15, 0.2) is 0 Å². The molecule has 6 heteroatoms. The van der Waals surface area contributed by atoms with Gasteiger partial charge in [0.1, 0.15) is 0 Å². The summed E-state index contributed by atoms with van der Waals surface area (Å²) in [7, 11) is 2.04. The van der Waals surface area contributed by atoms with E-state index in [1.54, 1.807) is 4.90 Å². The van der Waals surface area contributed by atoms with Crippen LogP contribution in [0.1, 0.15) is 41.5 Å². The molecule has 21 heavy (non-hydrogen) atoms. The molecule has 0 aromatic heterocycles. The van der Waals surface area contributed by atoms with Crippen LogP contribution in [-0.2, 0) is 4.79 Å². The number of nitrogens with one attached hydrogen (secondary N) is 1. The molecule has 0 bridgehead atoms. The van der Waals surface area contributed by atoms with Gasteiger partial charge < -0.3 is 16.0 Å². The van der Waals surface area contributed by atoms with Crippen molar-refractivity contribution in [2.75, 3.05) is 33.2 Å². The van der Waals surface area contributed by atoms with Crippen LogP contribution in [0.25, 0.3) is 0 Å². The Labute approximate surface area is 129 Å². The highest BCUT2D eigenvalue weighted by atomic mass is 16.2. The highest BCUT2D eigenvalue weighted by Crippen LogP contribution is 2.17. The lowest BCUT2D eigenvalue weighted by atomic mass is 9.94. The lowest BCUT2D eigenvalue weighted by Gasteiger charge is -2.35. The Morgan fingerprint density at radius 2 is 1.52 bits per heavy atom. The molecule has 0 saturated carbocycles. The molecule has 0 unspecified atom stereocenters. The molecular weight excluding hydrogens is 268 g/mol. The van der Waals surface area contributed by atoms with E-state index in [1.165, 1.54) is 0 Å². The summed E-state index contributed by atoms with van der Waals surface area (Å²) in [4.78, 5) is 27.2. The van der Waals surface area contributed by atoms with Crippen molar-refractivity contribution in [3.8, 4) is 0 Å². The normalized spacial score (nSPS) is 12.4. The number of hydrogen-bond acceptors (Lipinski definition) is 3. The quantitative estimate of drug-likeness (QED) is 0.775. The fourth-order valence-electron chi connectivity index (χ4n) is 1.71. The fourth-order valence-corrected chi connectivity index (χ4v) is 1.71. The summed E-state index contributed by atoms with van der Waals surface area (Å²) in [5.74, 6) is 0.0797. The van der Waals surface area contributed by atoms with E-state index in [9.17, 15) is 9.59 Å². The highest BCUT2D eigenvalue weighted by Gasteiger charge is 2.27. The standard InChI is InChI=1S/C15H32N4O2/c1-14(2,3)12(20)19(9-8-17-13(16)21)11-10-18(7)15(4,5)6/h8-11H2,1-7H3,(H3,16,17,21). The lowest BCUT2D eigenvalue weighted by Crippen LogP contribution is -2.49. The van der Waals surface area contributed by atoms with Gasteiger partial charge in [-0.05, 0) is 27.8 Å². The summed E-state index contributed by atoms with van der Waals surface area (Å²) in [5, 5.41) is 2.53. The third-order valence-electron chi connectivity index (χ3n) is 3.46. The van der Waals surface area contributed by atoms with Gasteiger partial charge in [-0.2, -0.15) is 0 Å². The molecule has 124 valence electrons. The molecular formula is C15H32N4O2. The molecule has 0 aliphatic rings. The van der Waals surface area contributed by atoms with E-state index in [-0.39, 0.29) is 11.4 Å². The second kappa shape index (κ2) is 7.64. The van der Waals surface area contributed by atoms with Gasteiger partial charge in [-0.25, -0.2) is 4.79 Å². The van der Waals surface area contributed by atoms with Gasteiger partial charge in [-0.1, -0.05) is 20.8 Å². The molecule has 0 atom stereocenters. The van der Waals surface area contributed by atoms with Crippen LogP contribution < -0.4 is 11.1 Å². The molecule has 0 aromatic carbocycles. The third-order valence-corrected chi connectivity index (χ3v) is 3.46. The van der Waals surface area contributed by atoms with E-state index >= 15 is 0 Å². The number of carbonyl (C=O) groups is 2. The van der Waals surface area contributed by atoms with Crippen molar-refractivity contribution in [1.82, 2.24) is 15.1 Å². The van der Waals surface area contributed by atoms with Gasteiger partial charge in [0.05, 0.1) is 0 Å². The van der Waals surface area contributed by atoms with E-state index in [0.29, 0.717) is 19.6 Å². The zero-order valence-corrected chi connectivity index (χ0v) is 14.6. The monoisotopic (exact) mass is 300 g/mol. The molecule has 3 N–H and O–H groups in total. The molecule has 0 aliphatic heterocycles. The molecule has 0 radical (unpaired) electrons. The van der Waals surface area contributed by atoms with E-state index < -0.39 is 11.4 Å². The maximum absolute atomic E-state index is 12.5. The Bertz CT molecular complexity index is 356. The Kier molecular flexibility index (Phi) is 7.16. The van der Waals surface area contributed by atoms with E-state index in [4.69, 9.17) is 5.73 Å². The first-order valence-electron chi connectivity index (χ1n) is 7.39. The van der Waals surface area contributed by atoms with Gasteiger partial charge >= 0.3 is 6.03 Å². The van der Waals surface area contributed by atoms with Crippen LogP contribution in [0.5, 0.6) is 0 Å². The Morgan fingerprint density at radius 1 is 1.00 bits per heavy atom. The smallest absolute Gasteiger partial charge is 0.312 e. The first-order chi connectivity index (χ1) is 9.35. The SMILES string of the molecule is CN(CCN(CCNC(N)=O)C(=O)C(C)(C)C)C(C)(C)C. The van der Waals surface area contributed by atoms with Crippen LogP contribution in [0, 0.1) is 5.41 Å². The maximum Gasteiger partial charge on any atom is 0.312 e. The number of likely N-dealkylation sites (N-methyl/N-ethyl adjacent to an activating group) is 1. The summed E-state index contributed by atoms with van der Waals surface area (Å²) in [6.45, 7) is 14.4. The number of nitrogens with two attached hydrogens (primary N) is 1. The van der Waals surface area contributed by atoms with Crippen molar-refractivity contribution < 1.29 is 9.59 Å². The zero-order valence-electron chi connectivity index (χ0n) is 14.6. The van der Waals surface area contributed by atoms with Crippen LogP contribution in [0.3, 0.4) is 0 Å². The van der Waals surface area contributed by atoms with E-state index in [1.807, 2.05) is 27.8 Å². The van der Waals surface area contributed by atoms with Crippen molar-refractivity contribution in [3.63, 3.8) is 0 Å². The summed E-state index contributed by atoms with van der Waals surface area (Å²) in [6, 6.07) is -0.565. The van der Waals surface area contributed by atoms with Crippen LogP contribution in [0.4, 0.5) is 4.79 Å². The van der Waals surface area contributed by atoms with Gasteiger partial charge in [0.2, 0.25) is 5.91 Å². The average molecular weight is 300 g/mol. The molecule has 0 saturated heterocycles. The number of primary amides is 1. The predicted molar refractivity (Wildman–Crippen MR) is 86.0 cm³/mol. The van der Waals surface area contributed by atoms with Crippen molar-refractivity contribution in [1.29, 1.82) is 0 Å². The number of urea groups is 1. The summed E-state index contributed by atoms with van der Waals surface area (Å²) < 4.78 is 0. The number of rotatable bonds is 6. The number of hydrogen-bond donors (Lipinski definition) is 2. The van der Waals surface area contributed by atoms with Crippen molar-refractivity contribution in [2.24, 2.45) is 11.1 Å². The molecule has 0 spiro atoms. The summed E-state index contributed by atoms with van der Waals surface area (Å²) in [6.07, 6.45) is 0. The number of carbonyl (C=O) groups excluding carboxylic acids is 2. The number of amides is 3. The zero-order chi connectivity index (χ0) is 16.8. The summed E-state index contributed by atoms with van der Waals surface area (Å²) >= 11 is 0. The Balaban J connectivity index is 4.66. The van der Waals surface area contributed by atoms with Crippen LogP contribution >= 0.6 is 0 Å². The molecule has 0 aromatic rings. The van der Waals surface area contributed by atoms with Crippen molar-refractivity contribution >= 4 is 11.9 Å². The fraction of sp³-hybridized carbons (Fsp3) is 0.867. The van der Waals surface area contributed by atoms with Crippen molar-refractivity contribution in [2.45, 2.75) is 47.1 Å². The van der Waals surface area contributed by atoms with Gasteiger partial charge in [0, 0.05) is 37.1 Å². The second-order valence-corrected chi connectivity index (χ2v) is 7.43.